The van der Waals surface area contributed by atoms with Crippen LogP contribution in [0.5, 0.6) is 0 Å². The van der Waals surface area contributed by atoms with Gasteiger partial charge in [0.2, 0.25) is 11.8 Å². The smallest absolute Gasteiger partial charge is 0.235 e. The first kappa shape index (κ1) is 9.17. The van der Waals surface area contributed by atoms with E-state index in [9.17, 15) is 9.59 Å². The largest absolute Gasteiger partial charge is 0.369 e. The highest BCUT2D eigenvalue weighted by Gasteiger charge is 2.07. The summed E-state index contributed by atoms with van der Waals surface area (Å²) in [7, 11) is 1.66. The summed E-state index contributed by atoms with van der Waals surface area (Å²) in [4.78, 5) is 21.3. The van der Waals surface area contributed by atoms with Crippen LogP contribution in [0.2, 0.25) is 0 Å². The molecule has 2 amide bonds. The number of primary amides is 1. The van der Waals surface area contributed by atoms with Crippen molar-refractivity contribution >= 4 is 17.6 Å². The zero-order chi connectivity index (χ0) is 9.84. The second-order valence-electron chi connectivity index (χ2n) is 2.47. The summed E-state index contributed by atoms with van der Waals surface area (Å²) in [6.07, 6.45) is 1.16. The van der Waals surface area contributed by atoms with Crippen LogP contribution in [0.15, 0.2) is 6.20 Å². The third kappa shape index (κ3) is 2.89. The summed E-state index contributed by atoms with van der Waals surface area (Å²) in [6.45, 7) is 0. The lowest BCUT2D eigenvalue weighted by Crippen LogP contribution is -2.21. The monoisotopic (exact) mass is 183 g/mol. The summed E-state index contributed by atoms with van der Waals surface area (Å²) in [5.41, 5.74) is 4.81. The third-order valence-electron chi connectivity index (χ3n) is 1.20. The molecule has 13 heavy (non-hydrogen) atoms. The first-order valence-corrected chi connectivity index (χ1v) is 3.52. The van der Waals surface area contributed by atoms with Crippen molar-refractivity contribution in [1.29, 1.82) is 0 Å². The molecule has 1 aromatic heterocycles. The van der Waals surface area contributed by atoms with E-state index in [1.807, 2.05) is 0 Å². The van der Waals surface area contributed by atoms with Gasteiger partial charge in [-0.3, -0.25) is 14.3 Å². The van der Waals surface area contributed by atoms with Crippen molar-refractivity contribution in [3.63, 3.8) is 0 Å². The van der Waals surface area contributed by atoms with Crippen LogP contribution >= 0.6 is 0 Å². The van der Waals surface area contributed by atoms with E-state index in [0.29, 0.717) is 5.82 Å². The molecule has 7 heteroatoms. The van der Waals surface area contributed by atoms with E-state index in [-0.39, 0.29) is 6.42 Å². The van der Waals surface area contributed by atoms with Crippen LogP contribution in [0.1, 0.15) is 6.42 Å². The number of carbonyl (C=O) groups is 2. The number of nitrogens with one attached hydrogen (secondary N) is 1. The Hall–Kier alpha value is -1.92. The summed E-state index contributed by atoms with van der Waals surface area (Å²) >= 11 is 0. The van der Waals surface area contributed by atoms with Gasteiger partial charge in [0.1, 0.15) is 6.42 Å². The highest BCUT2D eigenvalue weighted by atomic mass is 16.2. The Morgan fingerprint density at radius 3 is 2.85 bits per heavy atom. The minimum Gasteiger partial charge on any atom is -0.369 e. The molecule has 0 saturated carbocycles. The van der Waals surface area contributed by atoms with Gasteiger partial charge in [-0.15, -0.1) is 5.10 Å². The molecule has 0 aliphatic carbocycles. The van der Waals surface area contributed by atoms with Crippen LogP contribution in [0.25, 0.3) is 0 Å². The first-order chi connectivity index (χ1) is 6.08. The maximum Gasteiger partial charge on any atom is 0.235 e. The van der Waals surface area contributed by atoms with E-state index in [1.165, 1.54) is 10.9 Å². The number of anilines is 1. The fraction of sp³-hybridized carbons (Fsp3) is 0.333. The zero-order valence-corrected chi connectivity index (χ0v) is 7.02. The van der Waals surface area contributed by atoms with Crippen LogP contribution < -0.4 is 11.1 Å². The predicted octanol–water partition coefficient (Wildman–Crippen LogP) is -1.37. The van der Waals surface area contributed by atoms with Crippen LogP contribution in [0, 0.1) is 0 Å². The SMILES string of the molecule is Cn1cc(NC(=O)CC(N)=O)nn1. The molecule has 0 unspecified atom stereocenters. The molecule has 0 fully saturated rings. The maximum atomic E-state index is 10.9. The van der Waals surface area contributed by atoms with E-state index >= 15 is 0 Å². The van der Waals surface area contributed by atoms with E-state index < -0.39 is 11.8 Å². The van der Waals surface area contributed by atoms with Gasteiger partial charge in [-0.2, -0.15) is 0 Å². The molecule has 0 aromatic carbocycles. The lowest BCUT2D eigenvalue weighted by atomic mass is 10.4. The molecule has 3 N–H and O–H groups in total. The van der Waals surface area contributed by atoms with Gasteiger partial charge in [0.05, 0.1) is 6.20 Å². The Morgan fingerprint density at radius 2 is 2.38 bits per heavy atom. The Labute approximate surface area is 73.9 Å². The third-order valence-corrected chi connectivity index (χ3v) is 1.20. The molecule has 0 spiro atoms. The molecular formula is C6H9N5O2. The number of nitrogens with zero attached hydrogens (tertiary/aromatic N) is 3. The second kappa shape index (κ2) is 3.65. The van der Waals surface area contributed by atoms with E-state index in [1.54, 1.807) is 7.05 Å². The summed E-state index contributed by atoms with van der Waals surface area (Å²) in [6, 6.07) is 0. The zero-order valence-electron chi connectivity index (χ0n) is 7.02. The Balaban J connectivity index is 2.50. The molecule has 1 heterocycles. The molecule has 0 aliphatic rings. The molecule has 1 aromatic rings. The van der Waals surface area contributed by atoms with Crippen LogP contribution in [0.3, 0.4) is 0 Å². The van der Waals surface area contributed by atoms with Gasteiger partial charge in [-0.1, -0.05) is 5.21 Å². The Kier molecular flexibility index (Phi) is 2.58. The van der Waals surface area contributed by atoms with Crippen molar-refractivity contribution in [1.82, 2.24) is 15.0 Å². The number of aromatic nitrogens is 3. The van der Waals surface area contributed by atoms with Crippen molar-refractivity contribution in [2.75, 3.05) is 5.32 Å². The van der Waals surface area contributed by atoms with Crippen LogP contribution in [-0.2, 0) is 16.6 Å². The molecule has 0 saturated heterocycles. The quantitative estimate of drug-likeness (QED) is 0.564. The fourth-order valence-electron chi connectivity index (χ4n) is 0.750. The molecule has 0 radical (unpaired) electrons. The normalized spacial score (nSPS) is 9.62. The fourth-order valence-corrected chi connectivity index (χ4v) is 0.750. The van der Waals surface area contributed by atoms with Gasteiger partial charge >= 0.3 is 0 Å². The number of aryl methyl sites for hydroxylation is 1. The molecule has 7 nitrogen and oxygen atoms in total. The summed E-state index contributed by atoms with van der Waals surface area (Å²) < 4.78 is 1.43. The van der Waals surface area contributed by atoms with Crippen molar-refractivity contribution in [3.05, 3.63) is 6.20 Å². The summed E-state index contributed by atoms with van der Waals surface area (Å²) in [5.74, 6) is -0.872. The molecular weight excluding hydrogens is 174 g/mol. The molecule has 70 valence electrons. The minimum atomic E-state index is -0.679. The molecule has 0 aliphatic heterocycles. The Morgan fingerprint density at radius 1 is 1.69 bits per heavy atom. The van der Waals surface area contributed by atoms with Gasteiger partial charge in [-0.25, -0.2) is 0 Å². The number of nitrogens with two attached hydrogens (primary N) is 1. The molecule has 0 atom stereocenters. The van der Waals surface area contributed by atoms with Crippen molar-refractivity contribution in [2.24, 2.45) is 12.8 Å². The van der Waals surface area contributed by atoms with Crippen LogP contribution in [0.4, 0.5) is 5.82 Å². The number of carbonyl (C=O) groups excluding carboxylic acids is 2. The average molecular weight is 183 g/mol. The van der Waals surface area contributed by atoms with Crippen molar-refractivity contribution in [2.45, 2.75) is 6.42 Å². The van der Waals surface area contributed by atoms with Crippen molar-refractivity contribution in [3.8, 4) is 0 Å². The predicted molar refractivity (Wildman–Crippen MR) is 43.4 cm³/mol. The van der Waals surface area contributed by atoms with Gasteiger partial charge in [-0.05, 0) is 0 Å². The van der Waals surface area contributed by atoms with E-state index in [0.717, 1.165) is 0 Å². The van der Waals surface area contributed by atoms with E-state index in [4.69, 9.17) is 5.73 Å². The van der Waals surface area contributed by atoms with Crippen LogP contribution in [-0.4, -0.2) is 26.8 Å². The van der Waals surface area contributed by atoms with Gasteiger partial charge in [0, 0.05) is 7.05 Å². The molecule has 1 rings (SSSR count). The lowest BCUT2D eigenvalue weighted by Gasteiger charge is -1.96. The summed E-state index contributed by atoms with van der Waals surface area (Å²) in [5, 5.41) is 9.54. The first-order valence-electron chi connectivity index (χ1n) is 3.52. The van der Waals surface area contributed by atoms with Gasteiger partial charge in [0.15, 0.2) is 5.82 Å². The lowest BCUT2D eigenvalue weighted by molar-refractivity contribution is -0.124. The maximum absolute atomic E-state index is 10.9. The van der Waals surface area contributed by atoms with Crippen molar-refractivity contribution < 1.29 is 9.59 Å². The second-order valence-corrected chi connectivity index (χ2v) is 2.47. The van der Waals surface area contributed by atoms with E-state index in [2.05, 4.69) is 15.6 Å². The number of hydrogen-bond donors (Lipinski definition) is 2. The van der Waals surface area contributed by atoms with Gasteiger partial charge < -0.3 is 11.1 Å². The topological polar surface area (TPSA) is 103 Å². The number of amides is 2. The highest BCUT2D eigenvalue weighted by molar-refractivity contribution is 6.02. The Bertz CT molecular complexity index is 332. The number of rotatable bonds is 3. The number of hydrogen-bond acceptors (Lipinski definition) is 4. The average Bonchev–Trinajstić information content (AvgIpc) is 2.33. The molecule has 0 bridgehead atoms. The van der Waals surface area contributed by atoms with Gasteiger partial charge in [0.25, 0.3) is 0 Å². The standard InChI is InChI=1S/C6H9N5O2/c1-11-3-5(9-10-11)8-6(13)2-4(7)12/h3H,2H2,1H3,(H2,7,12)(H,8,13). The minimum absolute atomic E-state index is 0.300. The highest BCUT2D eigenvalue weighted by Crippen LogP contribution is 1.98.